The summed E-state index contributed by atoms with van der Waals surface area (Å²) in [5, 5.41) is 0. The van der Waals surface area contributed by atoms with Crippen molar-refractivity contribution in [1.82, 2.24) is 10.3 Å². The summed E-state index contributed by atoms with van der Waals surface area (Å²) in [6.07, 6.45) is 0. The van der Waals surface area contributed by atoms with E-state index >= 15 is 0 Å². The quantitative estimate of drug-likeness (QED) is 0.743. The Bertz CT molecular complexity index is 953. The molecular formula is C20H26N2O4S. The van der Waals surface area contributed by atoms with E-state index in [1.165, 1.54) is 0 Å². The van der Waals surface area contributed by atoms with E-state index in [1.807, 2.05) is 39.8 Å². The Labute approximate surface area is 161 Å². The van der Waals surface area contributed by atoms with Gasteiger partial charge in [0.25, 0.3) is 15.9 Å². The number of sulfonamides is 1. The van der Waals surface area contributed by atoms with E-state index in [0.29, 0.717) is 16.9 Å². The minimum atomic E-state index is -3.91. The van der Waals surface area contributed by atoms with Crippen molar-refractivity contribution >= 4 is 15.9 Å². The lowest BCUT2D eigenvalue weighted by molar-refractivity contribution is -0.123. The van der Waals surface area contributed by atoms with Crippen LogP contribution >= 0.6 is 0 Å². The summed E-state index contributed by atoms with van der Waals surface area (Å²) in [5.41, 5.74) is 7.48. The van der Waals surface area contributed by atoms with Gasteiger partial charge in [-0.15, -0.1) is 4.83 Å². The van der Waals surface area contributed by atoms with Crippen molar-refractivity contribution in [2.45, 2.75) is 46.4 Å². The molecule has 146 valence electrons. The van der Waals surface area contributed by atoms with Gasteiger partial charge in [-0.25, -0.2) is 8.42 Å². The highest BCUT2D eigenvalue weighted by Crippen LogP contribution is 2.29. The molecule has 0 radical (unpaired) electrons. The first-order valence-corrected chi connectivity index (χ1v) is 10.1. The second-order valence-corrected chi connectivity index (χ2v) is 8.33. The number of hydrogen-bond donors (Lipinski definition) is 2. The van der Waals surface area contributed by atoms with Gasteiger partial charge in [0.15, 0.2) is 6.61 Å². The van der Waals surface area contributed by atoms with Crippen molar-refractivity contribution in [2.75, 3.05) is 6.61 Å². The van der Waals surface area contributed by atoms with Gasteiger partial charge in [-0.05, 0) is 87.1 Å². The number of rotatable bonds is 6. The Balaban J connectivity index is 2.10. The third kappa shape index (κ3) is 4.67. The van der Waals surface area contributed by atoms with E-state index in [4.69, 9.17) is 4.74 Å². The van der Waals surface area contributed by atoms with Crippen LogP contribution in [0.5, 0.6) is 5.75 Å². The monoisotopic (exact) mass is 390 g/mol. The summed E-state index contributed by atoms with van der Waals surface area (Å²) in [6, 6.07) is 7.26. The standard InChI is InChI=1S/C20H26N2O4S/c1-12-8-7-9-18(10-12)26-11-19(23)21-22-27(24,25)20-16(5)14(3)13(2)15(4)17(20)6/h7-10,22H,11H2,1-6H3,(H,21,23). The lowest BCUT2D eigenvalue weighted by atomic mass is 9.95. The fourth-order valence-corrected chi connectivity index (χ4v) is 4.40. The van der Waals surface area contributed by atoms with E-state index in [0.717, 1.165) is 22.3 Å². The summed E-state index contributed by atoms with van der Waals surface area (Å²) in [6.45, 7) is 10.9. The molecular weight excluding hydrogens is 364 g/mol. The number of ether oxygens (including phenoxy) is 1. The molecule has 0 aromatic heterocycles. The molecule has 2 aromatic carbocycles. The molecule has 0 saturated carbocycles. The SMILES string of the molecule is Cc1cccc(OCC(=O)NNS(=O)(=O)c2c(C)c(C)c(C)c(C)c2C)c1. The summed E-state index contributed by atoms with van der Waals surface area (Å²) in [4.78, 5) is 14.3. The molecule has 0 spiro atoms. The number of aryl methyl sites for hydroxylation is 1. The molecule has 0 heterocycles. The summed E-state index contributed by atoms with van der Waals surface area (Å²) in [5.74, 6) is -0.0413. The van der Waals surface area contributed by atoms with Crippen molar-refractivity contribution in [3.63, 3.8) is 0 Å². The van der Waals surface area contributed by atoms with Crippen LogP contribution in [0.3, 0.4) is 0 Å². The van der Waals surface area contributed by atoms with E-state index in [9.17, 15) is 13.2 Å². The molecule has 6 nitrogen and oxygen atoms in total. The lowest BCUT2D eigenvalue weighted by Crippen LogP contribution is -2.44. The Morgan fingerprint density at radius 1 is 0.926 bits per heavy atom. The van der Waals surface area contributed by atoms with Crippen LogP contribution in [0.15, 0.2) is 29.2 Å². The van der Waals surface area contributed by atoms with E-state index in [1.54, 1.807) is 26.0 Å². The van der Waals surface area contributed by atoms with E-state index < -0.39 is 15.9 Å². The second-order valence-electron chi connectivity index (χ2n) is 6.71. The molecule has 2 N–H and O–H groups in total. The van der Waals surface area contributed by atoms with Crippen LogP contribution in [0.25, 0.3) is 0 Å². The Kier molecular flexibility index (Phi) is 6.28. The number of amides is 1. The van der Waals surface area contributed by atoms with Gasteiger partial charge in [0.05, 0.1) is 4.90 Å². The summed E-state index contributed by atoms with van der Waals surface area (Å²) >= 11 is 0. The van der Waals surface area contributed by atoms with E-state index in [2.05, 4.69) is 10.3 Å². The second kappa shape index (κ2) is 8.10. The largest absolute Gasteiger partial charge is 0.484 e. The van der Waals surface area contributed by atoms with Crippen LogP contribution in [0.2, 0.25) is 0 Å². The maximum atomic E-state index is 12.7. The van der Waals surface area contributed by atoms with Gasteiger partial charge < -0.3 is 4.74 Å². The smallest absolute Gasteiger partial charge is 0.272 e. The average Bonchev–Trinajstić information content (AvgIpc) is 2.61. The summed E-state index contributed by atoms with van der Waals surface area (Å²) < 4.78 is 30.9. The number of carbonyl (C=O) groups is 1. The molecule has 1 amide bonds. The number of nitrogens with one attached hydrogen (secondary N) is 2. The molecule has 0 aliphatic rings. The minimum absolute atomic E-state index is 0.197. The number of hydrogen-bond acceptors (Lipinski definition) is 4. The molecule has 0 atom stereocenters. The van der Waals surface area contributed by atoms with Crippen LogP contribution in [0.4, 0.5) is 0 Å². The minimum Gasteiger partial charge on any atom is -0.484 e. The van der Waals surface area contributed by atoms with Gasteiger partial charge in [0.1, 0.15) is 5.75 Å². The highest BCUT2D eigenvalue weighted by molar-refractivity contribution is 7.89. The van der Waals surface area contributed by atoms with Gasteiger partial charge in [0, 0.05) is 0 Å². The predicted molar refractivity (Wildman–Crippen MR) is 105 cm³/mol. The number of carbonyl (C=O) groups excluding carboxylic acids is 1. The van der Waals surface area contributed by atoms with Gasteiger partial charge >= 0.3 is 0 Å². The molecule has 0 aliphatic heterocycles. The lowest BCUT2D eigenvalue weighted by Gasteiger charge is -2.19. The van der Waals surface area contributed by atoms with Crippen molar-refractivity contribution in [1.29, 1.82) is 0 Å². The van der Waals surface area contributed by atoms with Gasteiger partial charge in [-0.2, -0.15) is 0 Å². The topological polar surface area (TPSA) is 84.5 Å². The first kappa shape index (κ1) is 20.9. The van der Waals surface area contributed by atoms with Crippen molar-refractivity contribution < 1.29 is 17.9 Å². The molecule has 27 heavy (non-hydrogen) atoms. The Morgan fingerprint density at radius 3 is 2.04 bits per heavy atom. The van der Waals surface area contributed by atoms with Crippen LogP contribution in [0, 0.1) is 41.5 Å². The van der Waals surface area contributed by atoms with Gasteiger partial charge in [0.2, 0.25) is 0 Å². The first-order chi connectivity index (χ1) is 12.5. The molecule has 7 heteroatoms. The molecule has 0 saturated heterocycles. The first-order valence-electron chi connectivity index (χ1n) is 8.61. The van der Waals surface area contributed by atoms with Crippen LogP contribution in [0.1, 0.15) is 33.4 Å². The zero-order valence-corrected chi connectivity index (χ0v) is 17.4. The Hall–Kier alpha value is -2.38. The third-order valence-corrected chi connectivity index (χ3v) is 6.40. The highest BCUT2D eigenvalue weighted by atomic mass is 32.2. The third-order valence-electron chi connectivity index (χ3n) is 4.88. The Morgan fingerprint density at radius 2 is 1.48 bits per heavy atom. The van der Waals surface area contributed by atoms with Crippen LogP contribution in [-0.4, -0.2) is 20.9 Å². The van der Waals surface area contributed by atoms with Crippen molar-refractivity contribution in [3.8, 4) is 5.75 Å². The van der Waals surface area contributed by atoms with Crippen molar-refractivity contribution in [2.24, 2.45) is 0 Å². The molecule has 0 unspecified atom stereocenters. The van der Waals surface area contributed by atoms with Crippen LogP contribution < -0.4 is 15.0 Å². The maximum absolute atomic E-state index is 12.7. The summed E-state index contributed by atoms with van der Waals surface area (Å²) in [7, 11) is -3.91. The number of hydrazine groups is 1. The molecule has 0 aliphatic carbocycles. The van der Waals surface area contributed by atoms with Gasteiger partial charge in [-0.1, -0.05) is 12.1 Å². The highest BCUT2D eigenvalue weighted by Gasteiger charge is 2.24. The van der Waals surface area contributed by atoms with Crippen molar-refractivity contribution in [3.05, 3.63) is 57.6 Å². The predicted octanol–water partition coefficient (Wildman–Crippen LogP) is 2.93. The zero-order chi connectivity index (χ0) is 20.4. The maximum Gasteiger partial charge on any atom is 0.272 e. The van der Waals surface area contributed by atoms with Crippen LogP contribution in [-0.2, 0) is 14.8 Å². The molecule has 2 aromatic rings. The molecule has 2 rings (SSSR count). The average molecular weight is 391 g/mol. The zero-order valence-electron chi connectivity index (χ0n) is 16.6. The fraction of sp³-hybridized carbons (Fsp3) is 0.350. The number of benzene rings is 2. The van der Waals surface area contributed by atoms with E-state index in [-0.39, 0.29) is 11.5 Å². The normalized spacial score (nSPS) is 11.3. The molecule has 0 bridgehead atoms. The molecule has 0 fully saturated rings. The fourth-order valence-electron chi connectivity index (χ4n) is 2.93. The van der Waals surface area contributed by atoms with Gasteiger partial charge in [-0.3, -0.25) is 10.2 Å².